The lowest BCUT2D eigenvalue weighted by atomic mass is 10.0. The van der Waals surface area contributed by atoms with Gasteiger partial charge in [-0.25, -0.2) is 9.59 Å². The van der Waals surface area contributed by atoms with Crippen molar-refractivity contribution in [1.82, 2.24) is 0 Å². The van der Waals surface area contributed by atoms with Gasteiger partial charge < -0.3 is 24.1 Å². The predicted molar refractivity (Wildman–Crippen MR) is 85.9 cm³/mol. The van der Waals surface area contributed by atoms with Gasteiger partial charge in [0.2, 0.25) is 0 Å². The van der Waals surface area contributed by atoms with Gasteiger partial charge in [-0.15, -0.1) is 0 Å². The molecular weight excluding hydrogens is 328 g/mol. The van der Waals surface area contributed by atoms with Gasteiger partial charge in [0.25, 0.3) is 5.95 Å². The van der Waals surface area contributed by atoms with Crippen molar-refractivity contribution in [3.63, 3.8) is 0 Å². The summed E-state index contributed by atoms with van der Waals surface area (Å²) in [6, 6.07) is 14.4. The molecule has 2 aromatic carbocycles. The van der Waals surface area contributed by atoms with Crippen LogP contribution in [0.1, 0.15) is 11.1 Å². The van der Waals surface area contributed by atoms with Crippen LogP contribution in [0.15, 0.2) is 52.9 Å². The molecule has 124 valence electrons. The van der Waals surface area contributed by atoms with E-state index in [1.54, 1.807) is 0 Å². The van der Waals surface area contributed by atoms with E-state index in [0.717, 1.165) is 16.8 Å². The van der Waals surface area contributed by atoms with Crippen molar-refractivity contribution in [1.29, 1.82) is 0 Å². The maximum absolute atomic E-state index is 10.7. The Morgan fingerprint density at radius 1 is 0.880 bits per heavy atom. The molecule has 0 atom stereocenters. The first-order chi connectivity index (χ1) is 12.0. The van der Waals surface area contributed by atoms with E-state index in [-0.39, 0.29) is 5.56 Å². The first kappa shape index (κ1) is 16.0. The van der Waals surface area contributed by atoms with Crippen LogP contribution in [0.2, 0.25) is 0 Å². The van der Waals surface area contributed by atoms with Crippen molar-refractivity contribution in [2.45, 2.75) is 0 Å². The van der Waals surface area contributed by atoms with Crippen LogP contribution in [0.4, 0.5) is 9.59 Å². The summed E-state index contributed by atoms with van der Waals surface area (Å²) >= 11 is 0. The van der Waals surface area contributed by atoms with Gasteiger partial charge >= 0.3 is 18.3 Å². The summed E-state index contributed by atoms with van der Waals surface area (Å²) in [5.41, 5.74) is 0.757. The second kappa shape index (κ2) is 6.68. The van der Waals surface area contributed by atoms with E-state index in [2.05, 4.69) is 21.3 Å². The summed E-state index contributed by atoms with van der Waals surface area (Å²) in [5.74, 6) is 4.71. The fourth-order valence-corrected chi connectivity index (χ4v) is 2.20. The molecule has 0 saturated carbocycles. The highest BCUT2D eigenvalue weighted by molar-refractivity contribution is 5.88. The number of carboxylic acid groups (broad SMARTS) is 2. The minimum absolute atomic E-state index is 0.0478. The van der Waals surface area contributed by atoms with Crippen molar-refractivity contribution < 1.29 is 33.7 Å². The van der Waals surface area contributed by atoms with Crippen LogP contribution in [0.3, 0.4) is 0 Å². The molecule has 0 bridgehead atoms. The van der Waals surface area contributed by atoms with Gasteiger partial charge in [-0.05, 0) is 16.8 Å². The molecule has 1 heterocycles. The van der Waals surface area contributed by atoms with Crippen LogP contribution in [0.5, 0.6) is 11.9 Å². The van der Waals surface area contributed by atoms with E-state index >= 15 is 0 Å². The zero-order chi connectivity index (χ0) is 17.8. The fraction of sp³-hybridized carbons (Fsp3) is 0. The normalized spacial score (nSPS) is 9.92. The Hall–Kier alpha value is -3.92. The Kier molecular flexibility index (Phi) is 4.26. The van der Waals surface area contributed by atoms with Crippen LogP contribution < -0.4 is 9.47 Å². The Balaban J connectivity index is 2.02. The summed E-state index contributed by atoms with van der Waals surface area (Å²) in [7, 11) is 0. The average Bonchev–Trinajstić information content (AvgIpc) is 2.92. The Morgan fingerprint density at radius 2 is 1.56 bits per heavy atom. The summed E-state index contributed by atoms with van der Waals surface area (Å²) in [6.45, 7) is 0. The van der Waals surface area contributed by atoms with Crippen molar-refractivity contribution in [3.8, 4) is 23.7 Å². The van der Waals surface area contributed by atoms with Crippen LogP contribution >= 0.6 is 0 Å². The summed E-state index contributed by atoms with van der Waals surface area (Å²) < 4.78 is 13.7. The zero-order valence-corrected chi connectivity index (χ0v) is 12.6. The highest BCUT2D eigenvalue weighted by atomic mass is 16.7. The minimum Gasteiger partial charge on any atom is -0.449 e. The van der Waals surface area contributed by atoms with Crippen LogP contribution in [-0.2, 0) is 0 Å². The minimum atomic E-state index is -1.62. The number of hydrogen-bond donors (Lipinski definition) is 2. The Labute approximate surface area is 141 Å². The summed E-state index contributed by atoms with van der Waals surface area (Å²) in [6.07, 6.45) is -3.23. The molecule has 2 N–H and O–H groups in total. The molecule has 3 aromatic rings. The van der Waals surface area contributed by atoms with Crippen molar-refractivity contribution >= 4 is 23.1 Å². The second-order valence-electron chi connectivity index (χ2n) is 4.78. The standard InChI is InChI=1S/C18H10O7/c19-17(20)24-15-10-13(16(23-15)25-18(21)22)9-8-12-6-3-5-11-4-1-2-7-14(11)12/h1-7,10H,(H,19,20)(H,21,22). The maximum atomic E-state index is 10.7. The zero-order valence-electron chi connectivity index (χ0n) is 12.6. The van der Waals surface area contributed by atoms with Gasteiger partial charge in [0, 0.05) is 11.6 Å². The second-order valence-corrected chi connectivity index (χ2v) is 4.78. The molecule has 25 heavy (non-hydrogen) atoms. The highest BCUT2D eigenvalue weighted by Gasteiger charge is 2.17. The van der Waals surface area contributed by atoms with Crippen LogP contribution in [0, 0.1) is 11.8 Å². The third kappa shape index (κ3) is 3.71. The fourth-order valence-electron chi connectivity index (χ4n) is 2.20. The quantitative estimate of drug-likeness (QED) is 0.538. The lowest BCUT2D eigenvalue weighted by Gasteiger charge is -1.99. The molecule has 0 spiro atoms. The smallest absolute Gasteiger partial charge is 0.449 e. The van der Waals surface area contributed by atoms with Gasteiger partial charge in [-0.3, -0.25) is 0 Å². The monoisotopic (exact) mass is 338 g/mol. The third-order valence-corrected chi connectivity index (χ3v) is 3.16. The molecule has 0 amide bonds. The molecule has 7 heteroatoms. The lowest BCUT2D eigenvalue weighted by Crippen LogP contribution is -2.03. The average molecular weight is 338 g/mol. The molecule has 0 saturated heterocycles. The molecule has 0 fully saturated rings. The molecule has 1 aromatic heterocycles. The number of ether oxygens (including phenoxy) is 2. The first-order valence-corrected chi connectivity index (χ1v) is 6.98. The largest absolute Gasteiger partial charge is 0.513 e. The van der Waals surface area contributed by atoms with E-state index < -0.39 is 24.2 Å². The number of hydrogen-bond acceptors (Lipinski definition) is 5. The number of benzene rings is 2. The molecule has 0 aliphatic carbocycles. The molecular formula is C18H10O7. The Bertz CT molecular complexity index is 1020. The van der Waals surface area contributed by atoms with Gasteiger partial charge in [-0.2, -0.15) is 0 Å². The van der Waals surface area contributed by atoms with Crippen molar-refractivity contribution in [3.05, 3.63) is 59.7 Å². The van der Waals surface area contributed by atoms with Gasteiger partial charge in [0.05, 0.1) is 0 Å². The lowest BCUT2D eigenvalue weighted by molar-refractivity contribution is 0.120. The number of fused-ring (bicyclic) bond motifs is 1. The molecule has 0 aliphatic rings. The number of carbonyl (C=O) groups is 2. The predicted octanol–water partition coefficient (Wildman–Crippen LogP) is 3.95. The van der Waals surface area contributed by atoms with Crippen LogP contribution in [0.25, 0.3) is 10.8 Å². The van der Waals surface area contributed by atoms with E-state index in [0.29, 0.717) is 5.56 Å². The van der Waals surface area contributed by atoms with Crippen molar-refractivity contribution in [2.24, 2.45) is 0 Å². The third-order valence-electron chi connectivity index (χ3n) is 3.16. The highest BCUT2D eigenvalue weighted by Crippen LogP contribution is 2.29. The van der Waals surface area contributed by atoms with Crippen molar-refractivity contribution in [2.75, 3.05) is 0 Å². The molecule has 0 radical (unpaired) electrons. The molecule has 7 nitrogen and oxygen atoms in total. The number of furan rings is 1. The molecule has 0 aliphatic heterocycles. The number of rotatable bonds is 2. The van der Waals surface area contributed by atoms with Gasteiger partial charge in [-0.1, -0.05) is 48.2 Å². The summed E-state index contributed by atoms with van der Waals surface area (Å²) in [4.78, 5) is 21.3. The SMILES string of the molecule is O=C(O)Oc1cc(C#Cc2cccc3ccccc23)c(OC(=O)O)o1. The molecule has 0 unspecified atom stereocenters. The van der Waals surface area contributed by atoms with Gasteiger partial charge in [0.15, 0.2) is 0 Å². The molecule has 3 rings (SSSR count). The Morgan fingerprint density at radius 3 is 2.32 bits per heavy atom. The van der Waals surface area contributed by atoms with E-state index in [9.17, 15) is 9.59 Å². The van der Waals surface area contributed by atoms with E-state index in [1.165, 1.54) is 0 Å². The van der Waals surface area contributed by atoms with Gasteiger partial charge in [0.1, 0.15) is 5.56 Å². The van der Waals surface area contributed by atoms with Crippen LogP contribution in [-0.4, -0.2) is 22.5 Å². The topological polar surface area (TPSA) is 106 Å². The van der Waals surface area contributed by atoms with E-state index in [4.69, 9.17) is 14.6 Å². The van der Waals surface area contributed by atoms with E-state index in [1.807, 2.05) is 42.5 Å². The summed E-state index contributed by atoms with van der Waals surface area (Å²) in [5, 5.41) is 19.2. The first-order valence-electron chi connectivity index (χ1n) is 6.98. The maximum Gasteiger partial charge on any atom is 0.513 e.